The summed E-state index contributed by atoms with van der Waals surface area (Å²) >= 11 is 0. The van der Waals surface area contributed by atoms with Crippen molar-refractivity contribution in [2.45, 2.75) is 19.4 Å². The Bertz CT molecular complexity index is 687. The van der Waals surface area contributed by atoms with Crippen LogP contribution in [0.4, 0.5) is 5.82 Å². The van der Waals surface area contributed by atoms with Gasteiger partial charge in [0.25, 0.3) is 0 Å². The van der Waals surface area contributed by atoms with Crippen LogP contribution >= 0.6 is 0 Å². The lowest BCUT2D eigenvalue weighted by atomic mass is 10.1. The van der Waals surface area contributed by atoms with Gasteiger partial charge in [-0.2, -0.15) is 0 Å². The zero-order valence-corrected chi connectivity index (χ0v) is 13.0. The molecule has 21 heavy (non-hydrogen) atoms. The summed E-state index contributed by atoms with van der Waals surface area (Å²) in [7, 11) is -3.01. The average Bonchev–Trinajstić information content (AvgIpc) is 2.38. The van der Waals surface area contributed by atoms with Crippen molar-refractivity contribution in [3.05, 3.63) is 54.0 Å². The first-order chi connectivity index (χ1) is 9.92. The molecule has 2 rings (SSSR count). The van der Waals surface area contributed by atoms with E-state index in [0.29, 0.717) is 18.1 Å². The summed E-state index contributed by atoms with van der Waals surface area (Å²) in [5.74, 6) is 1.43. The number of sulfone groups is 1. The molecular weight excluding hydrogens is 286 g/mol. The van der Waals surface area contributed by atoms with Gasteiger partial charge < -0.3 is 5.32 Å². The second-order valence-electron chi connectivity index (χ2n) is 5.16. The van der Waals surface area contributed by atoms with Crippen LogP contribution in [0.3, 0.4) is 0 Å². The molecule has 0 saturated carbocycles. The summed E-state index contributed by atoms with van der Waals surface area (Å²) in [4.78, 5) is 8.67. The van der Waals surface area contributed by atoms with Gasteiger partial charge in [0.1, 0.15) is 21.5 Å². The van der Waals surface area contributed by atoms with E-state index in [4.69, 9.17) is 0 Å². The maximum Gasteiger partial charge on any atom is 0.149 e. The number of anilines is 1. The number of rotatable bonds is 6. The van der Waals surface area contributed by atoms with Crippen molar-refractivity contribution < 1.29 is 8.42 Å². The fourth-order valence-corrected chi connectivity index (χ4v) is 3.08. The quantitative estimate of drug-likeness (QED) is 0.882. The Morgan fingerprint density at radius 1 is 1.19 bits per heavy atom. The molecule has 0 spiro atoms. The Hall–Kier alpha value is -1.95. The van der Waals surface area contributed by atoms with Gasteiger partial charge in [-0.1, -0.05) is 30.3 Å². The highest BCUT2D eigenvalue weighted by atomic mass is 32.2. The van der Waals surface area contributed by atoms with Crippen LogP contribution in [0, 0.1) is 0 Å². The molecule has 0 aliphatic carbocycles. The maximum absolute atomic E-state index is 11.3. The van der Waals surface area contributed by atoms with Gasteiger partial charge in [-0.15, -0.1) is 0 Å². The van der Waals surface area contributed by atoms with E-state index in [9.17, 15) is 8.42 Å². The van der Waals surface area contributed by atoms with Crippen molar-refractivity contribution in [1.29, 1.82) is 0 Å². The molecule has 0 amide bonds. The van der Waals surface area contributed by atoms with E-state index in [1.165, 1.54) is 6.26 Å². The minimum atomic E-state index is -3.01. The molecule has 0 aliphatic heterocycles. The van der Waals surface area contributed by atoms with Crippen molar-refractivity contribution in [3.8, 4) is 0 Å². The summed E-state index contributed by atoms with van der Waals surface area (Å²) in [6, 6.07) is 11.5. The van der Waals surface area contributed by atoms with Crippen molar-refractivity contribution in [1.82, 2.24) is 9.97 Å². The molecule has 1 unspecified atom stereocenters. The Kier molecular flexibility index (Phi) is 4.90. The molecule has 0 fully saturated rings. The van der Waals surface area contributed by atoms with Crippen LogP contribution in [0.1, 0.15) is 18.3 Å². The molecule has 1 aromatic heterocycles. The minimum absolute atomic E-state index is 0.0744. The van der Waals surface area contributed by atoms with Gasteiger partial charge in [0.15, 0.2) is 0 Å². The fourth-order valence-electron chi connectivity index (χ4n) is 2.09. The Morgan fingerprint density at radius 3 is 2.57 bits per heavy atom. The van der Waals surface area contributed by atoms with Gasteiger partial charge >= 0.3 is 0 Å². The average molecular weight is 305 g/mol. The summed E-state index contributed by atoms with van der Waals surface area (Å²) in [5.41, 5.74) is 1.14. The first-order valence-electron chi connectivity index (χ1n) is 6.72. The van der Waals surface area contributed by atoms with E-state index in [1.807, 2.05) is 37.3 Å². The van der Waals surface area contributed by atoms with Crippen molar-refractivity contribution in [2.75, 3.05) is 17.3 Å². The lowest BCUT2D eigenvalue weighted by Gasteiger charge is -2.13. The van der Waals surface area contributed by atoms with Crippen LogP contribution in [0.15, 0.2) is 42.6 Å². The smallest absolute Gasteiger partial charge is 0.149 e. The third-order valence-corrected chi connectivity index (χ3v) is 3.96. The molecule has 2 aromatic rings. The standard InChI is InChI=1S/C15H19N3O2S/c1-12(11-21(2,19)20)17-14-8-9-16-15(18-14)10-13-6-4-3-5-7-13/h3-9,12H,10-11H2,1-2H3,(H,16,17,18). The third-order valence-electron chi connectivity index (χ3n) is 2.86. The van der Waals surface area contributed by atoms with Crippen LogP contribution in [-0.2, 0) is 16.3 Å². The van der Waals surface area contributed by atoms with Crippen molar-refractivity contribution in [2.24, 2.45) is 0 Å². The number of nitrogens with zero attached hydrogens (tertiary/aromatic N) is 2. The first-order valence-corrected chi connectivity index (χ1v) is 8.78. The number of hydrogen-bond donors (Lipinski definition) is 1. The number of nitrogens with one attached hydrogen (secondary N) is 1. The van der Waals surface area contributed by atoms with Gasteiger partial charge in [0, 0.05) is 24.9 Å². The fraction of sp³-hybridized carbons (Fsp3) is 0.333. The largest absolute Gasteiger partial charge is 0.366 e. The summed E-state index contributed by atoms with van der Waals surface area (Å²) < 4.78 is 22.5. The molecule has 0 bridgehead atoms. The molecule has 112 valence electrons. The molecule has 5 nitrogen and oxygen atoms in total. The van der Waals surface area contributed by atoms with Crippen LogP contribution in [0.5, 0.6) is 0 Å². The lowest BCUT2D eigenvalue weighted by Crippen LogP contribution is -2.25. The van der Waals surface area contributed by atoms with E-state index in [1.54, 1.807) is 12.3 Å². The summed E-state index contributed by atoms with van der Waals surface area (Å²) in [6.45, 7) is 1.82. The molecular formula is C15H19N3O2S. The Labute approximate surface area is 125 Å². The molecule has 1 atom stereocenters. The highest BCUT2D eigenvalue weighted by molar-refractivity contribution is 7.90. The predicted octanol–water partition coefficient (Wildman–Crippen LogP) is 1.91. The van der Waals surface area contributed by atoms with Gasteiger partial charge in [0.05, 0.1) is 5.75 Å². The molecule has 1 heterocycles. The van der Waals surface area contributed by atoms with Crippen molar-refractivity contribution in [3.63, 3.8) is 0 Å². The van der Waals surface area contributed by atoms with E-state index < -0.39 is 9.84 Å². The third kappa shape index (κ3) is 5.51. The SMILES string of the molecule is CC(CS(C)(=O)=O)Nc1ccnc(Cc2ccccc2)n1. The topological polar surface area (TPSA) is 72.0 Å². The number of hydrogen-bond acceptors (Lipinski definition) is 5. The Balaban J connectivity index is 2.04. The van der Waals surface area contributed by atoms with Crippen LogP contribution in [-0.4, -0.2) is 36.4 Å². The zero-order valence-electron chi connectivity index (χ0n) is 12.2. The van der Waals surface area contributed by atoms with Crippen molar-refractivity contribution >= 4 is 15.7 Å². The van der Waals surface area contributed by atoms with Gasteiger partial charge in [-0.25, -0.2) is 18.4 Å². The van der Waals surface area contributed by atoms with Gasteiger partial charge in [-0.05, 0) is 18.6 Å². The van der Waals surface area contributed by atoms with E-state index in [2.05, 4.69) is 15.3 Å². The second kappa shape index (κ2) is 6.67. The van der Waals surface area contributed by atoms with E-state index in [0.717, 1.165) is 5.56 Å². The summed E-state index contributed by atoms with van der Waals surface area (Å²) in [6.07, 6.45) is 3.56. The van der Waals surface area contributed by atoms with Crippen LogP contribution < -0.4 is 5.32 Å². The molecule has 1 aromatic carbocycles. The van der Waals surface area contributed by atoms with Crippen LogP contribution in [0.25, 0.3) is 0 Å². The lowest BCUT2D eigenvalue weighted by molar-refractivity contribution is 0.598. The zero-order chi connectivity index (χ0) is 15.3. The summed E-state index contributed by atoms with van der Waals surface area (Å²) in [5, 5.41) is 3.09. The van der Waals surface area contributed by atoms with Crippen LogP contribution in [0.2, 0.25) is 0 Å². The van der Waals surface area contributed by atoms with Gasteiger partial charge in [-0.3, -0.25) is 0 Å². The van der Waals surface area contributed by atoms with E-state index in [-0.39, 0.29) is 11.8 Å². The number of aromatic nitrogens is 2. The first kappa shape index (κ1) is 15.4. The molecule has 0 saturated heterocycles. The predicted molar refractivity (Wildman–Crippen MR) is 84.1 cm³/mol. The maximum atomic E-state index is 11.3. The Morgan fingerprint density at radius 2 is 1.90 bits per heavy atom. The second-order valence-corrected chi connectivity index (χ2v) is 7.34. The van der Waals surface area contributed by atoms with Gasteiger partial charge in [0.2, 0.25) is 0 Å². The highest BCUT2D eigenvalue weighted by Gasteiger charge is 2.11. The molecule has 0 radical (unpaired) electrons. The normalized spacial score (nSPS) is 12.9. The minimum Gasteiger partial charge on any atom is -0.366 e. The highest BCUT2D eigenvalue weighted by Crippen LogP contribution is 2.09. The molecule has 1 N–H and O–H groups in total. The molecule has 0 aliphatic rings. The molecule has 6 heteroatoms. The monoisotopic (exact) mass is 305 g/mol. The van der Waals surface area contributed by atoms with E-state index >= 15 is 0 Å². The number of benzene rings is 1.